The number of hydrogen-bond donors (Lipinski definition) is 1. The van der Waals surface area contributed by atoms with Crippen LogP contribution in [0.1, 0.15) is 24.7 Å². The van der Waals surface area contributed by atoms with Crippen LogP contribution in [0.3, 0.4) is 0 Å². The number of benzene rings is 1. The van der Waals surface area contributed by atoms with E-state index in [0.29, 0.717) is 13.1 Å². The molecule has 1 aliphatic heterocycles. The molecule has 6 nitrogen and oxygen atoms in total. The lowest BCUT2D eigenvalue weighted by Crippen LogP contribution is -2.25. The Hall–Kier alpha value is -1.95. The van der Waals surface area contributed by atoms with E-state index in [0.717, 1.165) is 31.0 Å². The first-order valence-corrected chi connectivity index (χ1v) is 7.07. The van der Waals surface area contributed by atoms with E-state index >= 15 is 0 Å². The zero-order valence-corrected chi connectivity index (χ0v) is 11.6. The second kappa shape index (κ2) is 6.00. The second-order valence-corrected chi connectivity index (χ2v) is 5.01. The van der Waals surface area contributed by atoms with Gasteiger partial charge in [-0.25, -0.2) is 4.68 Å². The Kier molecular flexibility index (Phi) is 3.92. The first-order chi connectivity index (χ1) is 9.86. The van der Waals surface area contributed by atoms with Crippen molar-refractivity contribution in [3.8, 4) is 5.75 Å². The van der Waals surface area contributed by atoms with E-state index in [1.807, 2.05) is 22.9 Å². The summed E-state index contributed by atoms with van der Waals surface area (Å²) in [5, 5.41) is 15.2. The Bertz CT molecular complexity index is 543. The number of tetrazole rings is 1. The number of hydrogen-bond acceptors (Lipinski definition) is 5. The van der Waals surface area contributed by atoms with Crippen molar-refractivity contribution in [2.45, 2.75) is 39.0 Å². The summed E-state index contributed by atoms with van der Waals surface area (Å²) in [4.78, 5) is 0. The summed E-state index contributed by atoms with van der Waals surface area (Å²) in [7, 11) is 0. The summed E-state index contributed by atoms with van der Waals surface area (Å²) >= 11 is 0. The molecule has 1 unspecified atom stereocenters. The standard InChI is InChI=1S/C14H19N5O/c1-2-7-15-9-14-16-17-18-19(14)10-12-8-11-5-3-4-6-13(11)20-12/h3-6,12,15H,2,7-10H2,1H3. The molecular weight excluding hydrogens is 254 g/mol. The maximum atomic E-state index is 5.92. The van der Waals surface area contributed by atoms with Crippen LogP contribution in [0.5, 0.6) is 5.75 Å². The van der Waals surface area contributed by atoms with Gasteiger partial charge in [-0.1, -0.05) is 25.1 Å². The maximum Gasteiger partial charge on any atom is 0.165 e. The molecule has 0 fully saturated rings. The highest BCUT2D eigenvalue weighted by Crippen LogP contribution is 2.28. The molecule has 3 rings (SSSR count). The summed E-state index contributed by atoms with van der Waals surface area (Å²) in [5.41, 5.74) is 1.26. The van der Waals surface area contributed by atoms with Crippen molar-refractivity contribution in [1.82, 2.24) is 25.5 Å². The predicted molar refractivity (Wildman–Crippen MR) is 74.4 cm³/mol. The molecule has 2 aromatic rings. The molecule has 0 radical (unpaired) electrons. The summed E-state index contributed by atoms with van der Waals surface area (Å²) in [5.74, 6) is 1.84. The molecule has 1 N–H and O–H groups in total. The average Bonchev–Trinajstić information content (AvgIpc) is 3.06. The van der Waals surface area contributed by atoms with Crippen LogP contribution in [0.2, 0.25) is 0 Å². The molecule has 2 heterocycles. The van der Waals surface area contributed by atoms with E-state index in [1.54, 1.807) is 0 Å². The maximum absolute atomic E-state index is 5.92. The van der Waals surface area contributed by atoms with Crippen molar-refractivity contribution in [3.63, 3.8) is 0 Å². The van der Waals surface area contributed by atoms with Gasteiger partial charge in [0.15, 0.2) is 5.82 Å². The monoisotopic (exact) mass is 273 g/mol. The number of para-hydroxylation sites is 1. The fourth-order valence-electron chi connectivity index (χ4n) is 2.42. The largest absolute Gasteiger partial charge is 0.488 e. The van der Waals surface area contributed by atoms with Gasteiger partial charge < -0.3 is 10.1 Å². The molecule has 0 aliphatic carbocycles. The predicted octanol–water partition coefficient (Wildman–Crippen LogP) is 1.18. The van der Waals surface area contributed by atoms with Gasteiger partial charge in [0.2, 0.25) is 0 Å². The van der Waals surface area contributed by atoms with Crippen LogP contribution >= 0.6 is 0 Å². The van der Waals surface area contributed by atoms with E-state index in [9.17, 15) is 0 Å². The van der Waals surface area contributed by atoms with Crippen LogP contribution in [-0.4, -0.2) is 32.9 Å². The van der Waals surface area contributed by atoms with Gasteiger partial charge in [-0.05, 0) is 35.0 Å². The van der Waals surface area contributed by atoms with Crippen LogP contribution in [0, 0.1) is 0 Å². The number of aromatic nitrogens is 4. The third-order valence-corrected chi connectivity index (χ3v) is 3.41. The van der Waals surface area contributed by atoms with Gasteiger partial charge in [-0.2, -0.15) is 0 Å². The Labute approximate surface area is 118 Å². The third kappa shape index (κ3) is 2.80. The van der Waals surface area contributed by atoms with Crippen LogP contribution in [0.15, 0.2) is 24.3 Å². The Morgan fingerprint density at radius 3 is 3.15 bits per heavy atom. The summed E-state index contributed by atoms with van der Waals surface area (Å²) < 4.78 is 7.76. The topological polar surface area (TPSA) is 64.9 Å². The van der Waals surface area contributed by atoms with E-state index < -0.39 is 0 Å². The lowest BCUT2D eigenvalue weighted by Gasteiger charge is -2.11. The molecule has 0 spiro atoms. The second-order valence-electron chi connectivity index (χ2n) is 5.01. The van der Waals surface area contributed by atoms with E-state index in [2.05, 4.69) is 33.8 Å². The normalized spacial score (nSPS) is 16.9. The van der Waals surface area contributed by atoms with Gasteiger partial charge in [0.25, 0.3) is 0 Å². The Balaban J connectivity index is 1.61. The van der Waals surface area contributed by atoms with Crippen LogP contribution in [0.4, 0.5) is 0 Å². The minimum atomic E-state index is 0.112. The molecule has 1 aliphatic rings. The minimum Gasteiger partial charge on any atom is -0.488 e. The molecule has 0 saturated carbocycles. The van der Waals surface area contributed by atoms with Crippen LogP contribution in [-0.2, 0) is 19.5 Å². The highest BCUT2D eigenvalue weighted by molar-refractivity contribution is 5.37. The highest BCUT2D eigenvalue weighted by Gasteiger charge is 2.24. The lowest BCUT2D eigenvalue weighted by molar-refractivity contribution is 0.200. The van der Waals surface area contributed by atoms with E-state index in [-0.39, 0.29) is 6.10 Å². The number of rotatable bonds is 6. The summed E-state index contributed by atoms with van der Waals surface area (Å²) in [6.07, 6.45) is 2.13. The lowest BCUT2D eigenvalue weighted by atomic mass is 10.1. The Morgan fingerprint density at radius 1 is 1.40 bits per heavy atom. The highest BCUT2D eigenvalue weighted by atomic mass is 16.5. The molecule has 0 saturated heterocycles. The minimum absolute atomic E-state index is 0.112. The molecule has 1 aromatic heterocycles. The molecule has 0 amide bonds. The van der Waals surface area contributed by atoms with Crippen LogP contribution < -0.4 is 10.1 Å². The summed E-state index contributed by atoms with van der Waals surface area (Å²) in [6.45, 7) is 4.49. The fraction of sp³-hybridized carbons (Fsp3) is 0.500. The molecule has 0 bridgehead atoms. The molecule has 20 heavy (non-hydrogen) atoms. The molecular formula is C14H19N5O. The first kappa shape index (κ1) is 13.1. The Morgan fingerprint density at radius 2 is 2.30 bits per heavy atom. The number of ether oxygens (including phenoxy) is 1. The van der Waals surface area contributed by atoms with Crippen molar-refractivity contribution < 1.29 is 4.74 Å². The number of nitrogens with zero attached hydrogens (tertiary/aromatic N) is 4. The van der Waals surface area contributed by atoms with Crippen molar-refractivity contribution in [2.24, 2.45) is 0 Å². The van der Waals surface area contributed by atoms with Crippen LogP contribution in [0.25, 0.3) is 0 Å². The average molecular weight is 273 g/mol. The zero-order valence-electron chi connectivity index (χ0n) is 11.6. The number of fused-ring (bicyclic) bond motifs is 1. The van der Waals surface area contributed by atoms with Crippen molar-refractivity contribution in [3.05, 3.63) is 35.7 Å². The van der Waals surface area contributed by atoms with Gasteiger partial charge in [0, 0.05) is 6.42 Å². The SMILES string of the molecule is CCCNCc1nnnn1CC1Cc2ccccc2O1. The smallest absolute Gasteiger partial charge is 0.165 e. The zero-order chi connectivity index (χ0) is 13.8. The van der Waals surface area contributed by atoms with Crippen molar-refractivity contribution >= 4 is 0 Å². The van der Waals surface area contributed by atoms with Gasteiger partial charge in [-0.15, -0.1) is 5.10 Å². The fourth-order valence-corrected chi connectivity index (χ4v) is 2.42. The van der Waals surface area contributed by atoms with Gasteiger partial charge in [-0.3, -0.25) is 0 Å². The summed E-state index contributed by atoms with van der Waals surface area (Å²) in [6, 6.07) is 8.16. The molecule has 106 valence electrons. The van der Waals surface area contributed by atoms with Gasteiger partial charge in [0.1, 0.15) is 11.9 Å². The first-order valence-electron chi connectivity index (χ1n) is 7.07. The third-order valence-electron chi connectivity index (χ3n) is 3.41. The quantitative estimate of drug-likeness (QED) is 0.801. The molecule has 1 aromatic carbocycles. The van der Waals surface area contributed by atoms with Gasteiger partial charge >= 0.3 is 0 Å². The van der Waals surface area contributed by atoms with E-state index in [1.165, 1.54) is 5.56 Å². The van der Waals surface area contributed by atoms with E-state index in [4.69, 9.17) is 4.74 Å². The molecule has 6 heteroatoms. The number of nitrogens with one attached hydrogen (secondary N) is 1. The van der Waals surface area contributed by atoms with Crippen molar-refractivity contribution in [2.75, 3.05) is 6.54 Å². The molecule has 1 atom stereocenters. The van der Waals surface area contributed by atoms with Crippen molar-refractivity contribution in [1.29, 1.82) is 0 Å². The van der Waals surface area contributed by atoms with Gasteiger partial charge in [0.05, 0.1) is 13.1 Å².